The van der Waals surface area contributed by atoms with Gasteiger partial charge in [0.05, 0.1) is 5.56 Å². The second-order valence-corrected chi connectivity index (χ2v) is 5.62. The smallest absolute Gasteiger partial charge is 0.432 e. The molecule has 23 heavy (non-hydrogen) atoms. The average Bonchev–Trinajstić information content (AvgIpc) is 2.41. The Hall–Kier alpha value is -2.01. The van der Waals surface area contributed by atoms with Gasteiger partial charge >= 0.3 is 17.4 Å². The van der Waals surface area contributed by atoms with E-state index in [-0.39, 0.29) is 0 Å². The van der Waals surface area contributed by atoms with Crippen LogP contribution in [-0.4, -0.2) is 36.5 Å². The summed E-state index contributed by atoms with van der Waals surface area (Å²) in [4.78, 5) is 11.5. The van der Waals surface area contributed by atoms with Crippen LogP contribution in [0.3, 0.4) is 0 Å². The minimum Gasteiger partial charge on any atom is -0.743 e. The van der Waals surface area contributed by atoms with Crippen molar-refractivity contribution in [2.75, 3.05) is 0 Å². The molecule has 5 nitrogen and oxygen atoms in total. The molecular weight excluding hydrogens is 351 g/mol. The Balaban J connectivity index is 3.16. The highest BCUT2D eigenvalue weighted by molar-refractivity contribution is 7.86. The Morgan fingerprint density at radius 2 is 1.65 bits per heavy atom. The second-order valence-electron chi connectivity index (χ2n) is 4.17. The molecule has 0 saturated carbocycles. The van der Waals surface area contributed by atoms with Gasteiger partial charge < -0.3 is 9.29 Å². The summed E-state index contributed by atoms with van der Waals surface area (Å²) in [6.45, 7) is 3.38. The van der Waals surface area contributed by atoms with Crippen LogP contribution >= 0.6 is 0 Å². The van der Waals surface area contributed by atoms with E-state index < -0.39 is 39.2 Å². The van der Waals surface area contributed by atoms with Crippen LogP contribution in [0.25, 0.3) is 6.08 Å². The lowest BCUT2D eigenvalue weighted by molar-refractivity contribution is -0.248. The number of benzene rings is 1. The maximum absolute atomic E-state index is 13.2. The average molecular weight is 359 g/mol. The molecular formula is C12H8F5O5S-. The Kier molecular flexibility index (Phi) is 5.16. The maximum atomic E-state index is 13.2. The summed E-state index contributed by atoms with van der Waals surface area (Å²) in [5.41, 5.74) is -0.0784. The Labute approximate surface area is 127 Å². The molecule has 0 aromatic heterocycles. The minimum atomic E-state index is -6.72. The maximum Gasteiger partial charge on any atom is 0.432 e. The van der Waals surface area contributed by atoms with Gasteiger partial charge in [0.25, 0.3) is 6.10 Å². The quantitative estimate of drug-likeness (QED) is 0.458. The van der Waals surface area contributed by atoms with Crippen molar-refractivity contribution in [3.63, 3.8) is 0 Å². The third kappa shape index (κ3) is 4.26. The summed E-state index contributed by atoms with van der Waals surface area (Å²) in [6, 6.07) is 4.37. The van der Waals surface area contributed by atoms with Crippen molar-refractivity contribution in [2.45, 2.75) is 17.5 Å². The number of ether oxygens (including phenoxy) is 1. The van der Waals surface area contributed by atoms with E-state index in [4.69, 9.17) is 0 Å². The lowest BCUT2D eigenvalue weighted by Gasteiger charge is -2.29. The molecule has 1 atom stereocenters. The van der Waals surface area contributed by atoms with Gasteiger partial charge in [0, 0.05) is 0 Å². The molecule has 1 unspecified atom stereocenters. The van der Waals surface area contributed by atoms with E-state index in [1.54, 1.807) is 0 Å². The van der Waals surface area contributed by atoms with Gasteiger partial charge in [-0.1, -0.05) is 24.8 Å². The number of hydrogen-bond acceptors (Lipinski definition) is 5. The van der Waals surface area contributed by atoms with E-state index in [1.165, 1.54) is 18.2 Å². The van der Waals surface area contributed by atoms with E-state index in [1.807, 2.05) is 0 Å². The van der Waals surface area contributed by atoms with Crippen molar-refractivity contribution in [3.8, 4) is 0 Å². The van der Waals surface area contributed by atoms with Crippen molar-refractivity contribution in [1.82, 2.24) is 0 Å². The summed E-state index contributed by atoms with van der Waals surface area (Å²) in [7, 11) is -6.72. The highest BCUT2D eigenvalue weighted by atomic mass is 32.2. The van der Waals surface area contributed by atoms with Crippen molar-refractivity contribution >= 4 is 22.2 Å². The fourth-order valence-corrected chi connectivity index (χ4v) is 1.83. The minimum absolute atomic E-state index is 0.474. The molecule has 0 saturated heterocycles. The normalized spacial score (nSPS) is 14.2. The zero-order valence-corrected chi connectivity index (χ0v) is 11.8. The summed E-state index contributed by atoms with van der Waals surface area (Å²) in [5.74, 6) is -1.87. The fraction of sp³-hybridized carbons (Fsp3) is 0.250. The molecule has 0 fully saturated rings. The number of esters is 1. The molecule has 0 bridgehead atoms. The van der Waals surface area contributed by atoms with E-state index >= 15 is 0 Å². The molecule has 0 amide bonds. The van der Waals surface area contributed by atoms with Crippen LogP contribution in [-0.2, 0) is 14.9 Å². The lowest BCUT2D eigenvalue weighted by Crippen LogP contribution is -2.52. The summed E-state index contributed by atoms with van der Waals surface area (Å²) in [6.07, 6.45) is -9.06. The van der Waals surface area contributed by atoms with E-state index in [2.05, 4.69) is 11.3 Å². The first kappa shape index (κ1) is 19.0. The number of hydrogen-bond donors (Lipinski definition) is 0. The first-order chi connectivity index (χ1) is 10.3. The molecule has 1 aromatic rings. The van der Waals surface area contributed by atoms with E-state index in [0.717, 1.165) is 12.1 Å². The van der Waals surface area contributed by atoms with Gasteiger partial charge in [0.2, 0.25) is 0 Å². The zero-order chi connectivity index (χ0) is 18.1. The van der Waals surface area contributed by atoms with Gasteiger partial charge in [-0.05, 0) is 17.7 Å². The van der Waals surface area contributed by atoms with Crippen molar-refractivity contribution in [2.24, 2.45) is 0 Å². The number of carbonyl (C=O) groups is 1. The van der Waals surface area contributed by atoms with Crippen LogP contribution in [0.2, 0.25) is 0 Å². The van der Waals surface area contributed by atoms with Crippen molar-refractivity contribution in [1.29, 1.82) is 0 Å². The molecule has 0 N–H and O–H groups in total. The van der Waals surface area contributed by atoms with Gasteiger partial charge in [-0.15, -0.1) is 0 Å². The first-order valence-corrected chi connectivity index (χ1v) is 7.05. The Bertz CT molecular complexity index is 694. The molecule has 128 valence electrons. The predicted octanol–water partition coefficient (Wildman–Crippen LogP) is 2.56. The molecule has 1 aromatic carbocycles. The van der Waals surface area contributed by atoms with Gasteiger partial charge in [0.15, 0.2) is 10.1 Å². The molecule has 11 heteroatoms. The van der Waals surface area contributed by atoms with E-state index in [0.29, 0.717) is 5.56 Å². The van der Waals surface area contributed by atoms with E-state index in [9.17, 15) is 39.7 Å². The first-order valence-electron chi connectivity index (χ1n) is 5.64. The van der Waals surface area contributed by atoms with Crippen LogP contribution in [0.5, 0.6) is 0 Å². The molecule has 0 radical (unpaired) electrons. The number of halogens is 5. The zero-order valence-electron chi connectivity index (χ0n) is 11.0. The van der Waals surface area contributed by atoms with Crippen LogP contribution < -0.4 is 0 Å². The molecule has 0 heterocycles. The third-order valence-electron chi connectivity index (χ3n) is 2.54. The highest BCUT2D eigenvalue weighted by Crippen LogP contribution is 2.38. The van der Waals surface area contributed by atoms with Crippen molar-refractivity contribution in [3.05, 3.63) is 42.0 Å². The SMILES string of the molecule is C=Cc1ccc(C(=O)OC(C(F)(F)F)C(F)(F)S(=O)(=O)[O-])cc1. The van der Waals surface area contributed by atoms with Crippen LogP contribution in [0.1, 0.15) is 15.9 Å². The van der Waals surface area contributed by atoms with Crippen LogP contribution in [0, 0.1) is 0 Å². The largest absolute Gasteiger partial charge is 0.743 e. The number of rotatable bonds is 5. The lowest BCUT2D eigenvalue weighted by atomic mass is 10.1. The van der Waals surface area contributed by atoms with Crippen molar-refractivity contribution < 1.29 is 44.5 Å². The topological polar surface area (TPSA) is 83.5 Å². The molecule has 0 aliphatic carbocycles. The Morgan fingerprint density at radius 3 is 2.00 bits per heavy atom. The summed E-state index contributed by atoms with van der Waals surface area (Å²) < 4.78 is 98.6. The number of alkyl halides is 5. The van der Waals surface area contributed by atoms with Gasteiger partial charge in [0.1, 0.15) is 0 Å². The molecule has 0 spiro atoms. The standard InChI is InChI=1S/C12H9F5O5S/c1-2-7-3-5-8(6-4-7)9(18)22-10(11(13,14)15)12(16,17)23(19,20)21/h2-6,10H,1H2,(H,19,20,21)/p-1. The monoisotopic (exact) mass is 359 g/mol. The highest BCUT2D eigenvalue weighted by Gasteiger charge is 2.62. The molecule has 0 aliphatic heterocycles. The fourth-order valence-electron chi connectivity index (χ4n) is 1.39. The molecule has 1 rings (SSSR count). The summed E-state index contributed by atoms with van der Waals surface area (Å²) in [5, 5.41) is -5.87. The van der Waals surface area contributed by atoms with Crippen LogP contribution in [0.15, 0.2) is 30.8 Å². The third-order valence-corrected chi connectivity index (χ3v) is 3.42. The number of carbonyl (C=O) groups excluding carboxylic acids is 1. The Morgan fingerprint density at radius 1 is 1.17 bits per heavy atom. The predicted molar refractivity (Wildman–Crippen MR) is 66.4 cm³/mol. The van der Waals surface area contributed by atoms with Crippen LogP contribution in [0.4, 0.5) is 22.0 Å². The van der Waals surface area contributed by atoms with Gasteiger partial charge in [-0.2, -0.15) is 22.0 Å². The molecule has 0 aliphatic rings. The van der Waals surface area contributed by atoms with Gasteiger partial charge in [-0.3, -0.25) is 0 Å². The van der Waals surface area contributed by atoms with Gasteiger partial charge in [-0.25, -0.2) is 13.2 Å². The second kappa shape index (κ2) is 6.24. The summed E-state index contributed by atoms with van der Waals surface area (Å²) >= 11 is 0.